The minimum atomic E-state index is -0.440. The number of piperidine rings is 1. The Morgan fingerprint density at radius 2 is 1.90 bits per heavy atom. The number of nitrogens with zero attached hydrogens (tertiary/aromatic N) is 3. The molecule has 1 fully saturated rings. The lowest BCUT2D eigenvalue weighted by Gasteiger charge is -2.31. The molecule has 2 heterocycles. The van der Waals surface area contributed by atoms with Gasteiger partial charge in [0, 0.05) is 37.6 Å². The third kappa shape index (κ3) is 5.79. The van der Waals surface area contributed by atoms with Crippen molar-refractivity contribution in [2.45, 2.75) is 26.2 Å². The zero-order chi connectivity index (χ0) is 21.6. The number of para-hydroxylation sites is 1. The number of urea groups is 1. The molecular weight excluding hydrogens is 413 g/mol. The van der Waals surface area contributed by atoms with Crippen molar-refractivity contribution >= 4 is 28.4 Å². The molecule has 2 amide bonds. The molecule has 1 aromatic heterocycles. The first kappa shape index (κ1) is 21.2. The predicted octanol–water partition coefficient (Wildman–Crippen LogP) is 4.61. The zero-order valence-electron chi connectivity index (χ0n) is 17.5. The number of amides is 2. The molecule has 2 aromatic carbocycles. The normalized spacial score (nSPS) is 14.5. The topological polar surface area (TPSA) is 70.2 Å². The zero-order valence-corrected chi connectivity index (χ0v) is 18.3. The summed E-state index contributed by atoms with van der Waals surface area (Å²) < 4.78 is 18.2. The van der Waals surface area contributed by atoms with E-state index in [0.29, 0.717) is 12.5 Å². The molecule has 8 heteroatoms. The summed E-state index contributed by atoms with van der Waals surface area (Å²) in [7, 11) is 0. The molecule has 2 N–H and O–H groups in total. The van der Waals surface area contributed by atoms with Crippen LogP contribution < -0.4 is 15.5 Å². The highest BCUT2D eigenvalue weighted by Gasteiger charge is 2.22. The summed E-state index contributed by atoms with van der Waals surface area (Å²) in [5.74, 6) is 0.810. The van der Waals surface area contributed by atoms with Crippen LogP contribution in [0.2, 0.25) is 0 Å². The van der Waals surface area contributed by atoms with Crippen LogP contribution in [0.15, 0.2) is 48.5 Å². The number of rotatable bonds is 6. The maximum atomic E-state index is 13.6. The van der Waals surface area contributed by atoms with E-state index < -0.39 is 5.82 Å². The Hall–Kier alpha value is -3.00. The van der Waals surface area contributed by atoms with Crippen LogP contribution in [-0.4, -0.2) is 35.0 Å². The summed E-state index contributed by atoms with van der Waals surface area (Å²) in [5.41, 5.74) is 2.65. The number of nitrogens with one attached hydrogen (secondary N) is 2. The smallest absolute Gasteiger partial charge is 0.319 e. The number of hydrogen-bond acceptors (Lipinski definition) is 5. The Morgan fingerprint density at radius 1 is 1.16 bits per heavy atom. The number of halogens is 1. The van der Waals surface area contributed by atoms with Gasteiger partial charge in [0.25, 0.3) is 0 Å². The molecule has 0 atom stereocenters. The molecule has 0 radical (unpaired) electrons. The largest absolute Gasteiger partial charge is 0.347 e. The number of carbonyl (C=O) groups excluding carboxylic acids is 1. The lowest BCUT2D eigenvalue weighted by Crippen LogP contribution is -2.39. The molecule has 6 nitrogen and oxygen atoms in total. The van der Waals surface area contributed by atoms with E-state index in [0.717, 1.165) is 43.3 Å². The van der Waals surface area contributed by atoms with Gasteiger partial charge in [0.2, 0.25) is 5.13 Å². The molecule has 0 spiro atoms. The molecule has 0 bridgehead atoms. The molecule has 3 aromatic rings. The first-order valence-corrected chi connectivity index (χ1v) is 11.3. The van der Waals surface area contributed by atoms with Gasteiger partial charge in [0.1, 0.15) is 11.6 Å². The second-order valence-corrected chi connectivity index (χ2v) is 8.63. The van der Waals surface area contributed by atoms with Crippen molar-refractivity contribution in [2.24, 2.45) is 5.92 Å². The van der Waals surface area contributed by atoms with E-state index in [2.05, 4.69) is 51.1 Å². The van der Waals surface area contributed by atoms with Crippen LogP contribution in [0.1, 0.15) is 29.8 Å². The van der Waals surface area contributed by atoms with Crippen molar-refractivity contribution in [1.82, 2.24) is 14.7 Å². The molecule has 1 saturated heterocycles. The van der Waals surface area contributed by atoms with Crippen molar-refractivity contribution in [2.75, 3.05) is 29.9 Å². The molecule has 1 aliphatic rings. The van der Waals surface area contributed by atoms with Gasteiger partial charge in [-0.15, -0.1) is 0 Å². The molecular formula is C23H26FN5OS. The third-order valence-electron chi connectivity index (χ3n) is 5.50. The Morgan fingerprint density at radius 3 is 2.65 bits per heavy atom. The number of carbonyl (C=O) groups is 1. The summed E-state index contributed by atoms with van der Waals surface area (Å²) >= 11 is 1.45. The van der Waals surface area contributed by atoms with E-state index in [4.69, 9.17) is 4.98 Å². The summed E-state index contributed by atoms with van der Waals surface area (Å²) in [6.07, 6.45) is 2.67. The van der Waals surface area contributed by atoms with Crippen molar-refractivity contribution < 1.29 is 9.18 Å². The van der Waals surface area contributed by atoms with Crippen LogP contribution in [0.25, 0.3) is 0 Å². The van der Waals surface area contributed by atoms with Crippen LogP contribution in [-0.2, 0) is 6.42 Å². The Kier molecular flexibility index (Phi) is 6.76. The minimum Gasteiger partial charge on any atom is -0.347 e. The Labute approximate surface area is 185 Å². The Bertz CT molecular complexity index is 1010. The highest BCUT2D eigenvalue weighted by molar-refractivity contribution is 7.09. The maximum absolute atomic E-state index is 13.6. The van der Waals surface area contributed by atoms with Gasteiger partial charge < -0.3 is 15.5 Å². The van der Waals surface area contributed by atoms with Gasteiger partial charge >= 0.3 is 6.03 Å². The fraction of sp³-hybridized carbons (Fsp3) is 0.348. The quantitative estimate of drug-likeness (QED) is 0.588. The van der Waals surface area contributed by atoms with E-state index in [1.165, 1.54) is 28.7 Å². The van der Waals surface area contributed by atoms with Gasteiger partial charge in [0.05, 0.1) is 5.69 Å². The van der Waals surface area contributed by atoms with E-state index in [9.17, 15) is 9.18 Å². The van der Waals surface area contributed by atoms with Gasteiger partial charge in [-0.3, -0.25) is 0 Å². The predicted molar refractivity (Wildman–Crippen MR) is 122 cm³/mol. The number of anilines is 2. The molecule has 162 valence electrons. The van der Waals surface area contributed by atoms with Gasteiger partial charge in [-0.2, -0.15) is 4.37 Å². The molecule has 0 aliphatic carbocycles. The summed E-state index contributed by atoms with van der Waals surface area (Å²) in [6, 6.07) is 14.2. The fourth-order valence-corrected chi connectivity index (χ4v) is 4.36. The molecule has 0 unspecified atom stereocenters. The first-order chi connectivity index (χ1) is 15.1. The number of aromatic nitrogens is 2. The number of hydrogen-bond donors (Lipinski definition) is 2. The average molecular weight is 440 g/mol. The maximum Gasteiger partial charge on any atom is 0.319 e. The van der Waals surface area contributed by atoms with Crippen LogP contribution in [0, 0.1) is 18.7 Å². The summed E-state index contributed by atoms with van der Waals surface area (Å²) in [6.45, 7) is 4.43. The number of aryl methyl sites for hydroxylation is 1. The third-order valence-corrected chi connectivity index (χ3v) is 6.31. The standard InChI is InChI=1S/C23H26FN5OS/c1-16-6-8-17(9-7-16)14-21-27-23(31-28-21)29-12-10-18(11-13-29)15-25-22(30)26-20-5-3-2-4-19(20)24/h2-9,18H,10-15H2,1H3,(H2,25,26,30). The second-order valence-electron chi connectivity index (χ2n) is 7.90. The average Bonchev–Trinajstić information content (AvgIpc) is 3.24. The van der Waals surface area contributed by atoms with Crippen molar-refractivity contribution in [3.8, 4) is 0 Å². The van der Waals surface area contributed by atoms with E-state index in [1.807, 2.05) is 0 Å². The van der Waals surface area contributed by atoms with Crippen molar-refractivity contribution in [1.29, 1.82) is 0 Å². The van der Waals surface area contributed by atoms with Crippen molar-refractivity contribution in [3.05, 3.63) is 71.3 Å². The molecule has 0 saturated carbocycles. The summed E-state index contributed by atoms with van der Waals surface area (Å²) in [5, 5.41) is 6.38. The minimum absolute atomic E-state index is 0.188. The fourth-order valence-electron chi connectivity index (χ4n) is 3.63. The Balaban J connectivity index is 1.22. The molecule has 1 aliphatic heterocycles. The van der Waals surface area contributed by atoms with E-state index in [1.54, 1.807) is 18.2 Å². The lowest BCUT2D eigenvalue weighted by atomic mass is 9.97. The van der Waals surface area contributed by atoms with Crippen LogP contribution >= 0.6 is 11.5 Å². The number of benzene rings is 2. The van der Waals surface area contributed by atoms with Gasteiger partial charge in [0.15, 0.2) is 0 Å². The van der Waals surface area contributed by atoms with Gasteiger partial charge in [-0.1, -0.05) is 42.0 Å². The summed E-state index contributed by atoms with van der Waals surface area (Å²) in [4.78, 5) is 19.0. The highest BCUT2D eigenvalue weighted by Crippen LogP contribution is 2.25. The van der Waals surface area contributed by atoms with Gasteiger partial charge in [-0.05, 0) is 43.4 Å². The highest BCUT2D eigenvalue weighted by atomic mass is 32.1. The van der Waals surface area contributed by atoms with Crippen LogP contribution in [0.4, 0.5) is 20.0 Å². The first-order valence-electron chi connectivity index (χ1n) is 10.5. The molecule has 31 heavy (non-hydrogen) atoms. The SMILES string of the molecule is Cc1ccc(Cc2nsc(N3CCC(CNC(=O)Nc4ccccc4F)CC3)n2)cc1. The van der Waals surface area contributed by atoms with E-state index in [-0.39, 0.29) is 11.7 Å². The molecule has 4 rings (SSSR count). The second kappa shape index (κ2) is 9.87. The van der Waals surface area contributed by atoms with Crippen LogP contribution in [0.5, 0.6) is 0 Å². The lowest BCUT2D eigenvalue weighted by molar-refractivity contribution is 0.248. The van der Waals surface area contributed by atoms with Crippen molar-refractivity contribution in [3.63, 3.8) is 0 Å². The van der Waals surface area contributed by atoms with Gasteiger partial charge in [-0.25, -0.2) is 14.2 Å². The monoisotopic (exact) mass is 439 g/mol. The van der Waals surface area contributed by atoms with Crippen LogP contribution in [0.3, 0.4) is 0 Å². The van der Waals surface area contributed by atoms with E-state index >= 15 is 0 Å².